The molecule has 1 amide bonds. The molecule has 0 atom stereocenters. The first-order chi connectivity index (χ1) is 12.9. The van der Waals surface area contributed by atoms with E-state index in [2.05, 4.69) is 10.4 Å². The molecule has 0 fully saturated rings. The van der Waals surface area contributed by atoms with Gasteiger partial charge in [-0.3, -0.25) is 9.59 Å². The van der Waals surface area contributed by atoms with Crippen LogP contribution in [0.4, 0.5) is 5.69 Å². The van der Waals surface area contributed by atoms with Crippen LogP contribution in [0.5, 0.6) is 0 Å². The molecule has 2 aromatic carbocycles. The van der Waals surface area contributed by atoms with E-state index >= 15 is 0 Å². The molecule has 0 aliphatic heterocycles. The Morgan fingerprint density at radius 1 is 1.22 bits per heavy atom. The fraction of sp³-hybridized carbons (Fsp3) is 0.0556. The van der Waals surface area contributed by atoms with Gasteiger partial charge in [0.05, 0.1) is 21.9 Å². The van der Waals surface area contributed by atoms with Gasteiger partial charge in [-0.1, -0.05) is 29.8 Å². The number of benzene rings is 2. The summed E-state index contributed by atoms with van der Waals surface area (Å²) in [6, 6.07) is 12.2. The monoisotopic (exact) mass is 381 g/mol. The van der Waals surface area contributed by atoms with E-state index in [1.807, 2.05) is 6.07 Å². The van der Waals surface area contributed by atoms with Crippen molar-refractivity contribution in [3.8, 4) is 6.07 Å². The zero-order chi connectivity index (χ0) is 19.6. The fourth-order valence-corrected chi connectivity index (χ4v) is 2.74. The van der Waals surface area contributed by atoms with Gasteiger partial charge in [-0.2, -0.15) is 10.4 Å². The van der Waals surface area contributed by atoms with Crippen LogP contribution in [0.15, 0.2) is 47.3 Å². The van der Waals surface area contributed by atoms with Crippen molar-refractivity contribution in [1.82, 2.24) is 9.78 Å². The summed E-state index contributed by atoms with van der Waals surface area (Å²) in [5.74, 6) is -2.18. The number of carboxylic acid groups (broad SMARTS) is 1. The Bertz CT molecular complexity index is 1180. The van der Waals surface area contributed by atoms with E-state index in [0.29, 0.717) is 5.69 Å². The van der Waals surface area contributed by atoms with Crippen LogP contribution < -0.4 is 16.0 Å². The van der Waals surface area contributed by atoms with E-state index in [-0.39, 0.29) is 21.4 Å². The second-order valence-electron chi connectivity index (χ2n) is 5.50. The Balaban J connectivity index is 1.92. The van der Waals surface area contributed by atoms with Crippen LogP contribution in [0.1, 0.15) is 16.1 Å². The van der Waals surface area contributed by atoms with Crippen LogP contribution >= 0.6 is 11.6 Å². The number of fused-ring (bicyclic) bond motifs is 1. The highest BCUT2D eigenvalue weighted by Crippen LogP contribution is 2.20. The summed E-state index contributed by atoms with van der Waals surface area (Å²) in [4.78, 5) is 36.0. The highest BCUT2D eigenvalue weighted by molar-refractivity contribution is 6.32. The minimum Gasteiger partial charge on any atom is -0.543 e. The molecule has 0 radical (unpaired) electrons. The Hall–Kier alpha value is -3.70. The molecule has 0 unspecified atom stereocenters. The first kappa shape index (κ1) is 18.1. The number of nitrogens with zero attached hydrogens (tertiary/aromatic N) is 3. The lowest BCUT2D eigenvalue weighted by Crippen LogP contribution is -2.34. The zero-order valence-electron chi connectivity index (χ0n) is 13.6. The lowest BCUT2D eigenvalue weighted by Gasteiger charge is -2.12. The largest absolute Gasteiger partial charge is 0.543 e. The Kier molecular flexibility index (Phi) is 4.88. The number of aromatic carboxylic acids is 1. The highest BCUT2D eigenvalue weighted by Gasteiger charge is 2.14. The molecule has 9 heteroatoms. The number of carboxylic acids is 1. The highest BCUT2D eigenvalue weighted by atomic mass is 35.5. The van der Waals surface area contributed by atoms with E-state index in [0.717, 1.165) is 4.68 Å². The van der Waals surface area contributed by atoms with Crippen LogP contribution in [0.25, 0.3) is 10.8 Å². The van der Waals surface area contributed by atoms with Crippen LogP contribution in [-0.4, -0.2) is 21.7 Å². The number of halogens is 1. The van der Waals surface area contributed by atoms with Gasteiger partial charge in [0.25, 0.3) is 5.56 Å². The lowest BCUT2D eigenvalue weighted by molar-refractivity contribution is -0.255. The Labute approximate surface area is 157 Å². The van der Waals surface area contributed by atoms with Crippen molar-refractivity contribution in [1.29, 1.82) is 5.26 Å². The van der Waals surface area contributed by atoms with Crippen LogP contribution in [0.2, 0.25) is 5.02 Å². The standard InChI is InChI=1S/C18H11ClN4O4/c19-14-7-11(6-5-10(14)8-20)21-15(24)9-23-17(25)13-4-2-1-3-12(13)16(22-23)18(26)27/h1-7H,9H2,(H,21,24)(H,26,27)/p-1. The molecule has 3 rings (SSSR count). The number of carbonyl (C=O) groups is 2. The molecule has 0 bridgehead atoms. The zero-order valence-corrected chi connectivity index (χ0v) is 14.4. The molecule has 0 saturated heterocycles. The molecule has 3 aromatic rings. The minimum absolute atomic E-state index is 0.112. The average Bonchev–Trinajstić information content (AvgIpc) is 2.64. The van der Waals surface area contributed by atoms with Gasteiger partial charge in [-0.15, -0.1) is 0 Å². The smallest absolute Gasteiger partial charge is 0.275 e. The summed E-state index contributed by atoms with van der Waals surface area (Å²) in [6.45, 7) is -0.512. The molecule has 8 nitrogen and oxygen atoms in total. The van der Waals surface area contributed by atoms with Gasteiger partial charge >= 0.3 is 0 Å². The Morgan fingerprint density at radius 3 is 2.56 bits per heavy atom. The SMILES string of the molecule is N#Cc1ccc(NC(=O)Cn2nc(C(=O)[O-])c3ccccc3c2=O)cc1Cl. The molecule has 27 heavy (non-hydrogen) atoms. The summed E-state index contributed by atoms with van der Waals surface area (Å²) in [5, 5.41) is 26.8. The number of amides is 1. The van der Waals surface area contributed by atoms with Crippen molar-refractivity contribution < 1.29 is 14.7 Å². The maximum Gasteiger partial charge on any atom is 0.275 e. The molecule has 1 heterocycles. The van der Waals surface area contributed by atoms with Crippen LogP contribution in [-0.2, 0) is 11.3 Å². The third kappa shape index (κ3) is 3.63. The second kappa shape index (κ2) is 7.27. The quantitative estimate of drug-likeness (QED) is 0.715. The minimum atomic E-state index is -1.56. The number of nitriles is 1. The van der Waals surface area contributed by atoms with Gasteiger partial charge in [0.1, 0.15) is 18.3 Å². The van der Waals surface area contributed by atoms with Crippen molar-refractivity contribution in [2.24, 2.45) is 0 Å². The van der Waals surface area contributed by atoms with E-state index in [9.17, 15) is 19.5 Å². The van der Waals surface area contributed by atoms with Gasteiger partial charge in [-0.25, -0.2) is 4.68 Å². The number of hydrogen-bond donors (Lipinski definition) is 1. The fourth-order valence-electron chi connectivity index (χ4n) is 2.51. The van der Waals surface area contributed by atoms with Gasteiger partial charge < -0.3 is 15.2 Å². The third-order valence-corrected chi connectivity index (χ3v) is 4.04. The van der Waals surface area contributed by atoms with Gasteiger partial charge in [0.2, 0.25) is 5.91 Å². The molecular formula is C18H10ClN4O4-. The van der Waals surface area contributed by atoms with Crippen molar-refractivity contribution in [2.45, 2.75) is 6.54 Å². The average molecular weight is 382 g/mol. The van der Waals surface area contributed by atoms with Crippen LogP contribution in [0.3, 0.4) is 0 Å². The number of carbonyl (C=O) groups excluding carboxylic acids is 2. The first-order valence-electron chi connectivity index (χ1n) is 7.61. The first-order valence-corrected chi connectivity index (χ1v) is 7.99. The summed E-state index contributed by atoms with van der Waals surface area (Å²) >= 11 is 5.91. The number of aromatic nitrogens is 2. The van der Waals surface area contributed by atoms with Crippen molar-refractivity contribution in [2.75, 3.05) is 5.32 Å². The summed E-state index contributed by atoms with van der Waals surface area (Å²) in [6.07, 6.45) is 0. The maximum absolute atomic E-state index is 12.5. The number of anilines is 1. The normalized spacial score (nSPS) is 10.4. The molecule has 1 aromatic heterocycles. The summed E-state index contributed by atoms with van der Waals surface area (Å²) in [7, 11) is 0. The van der Waals surface area contributed by atoms with Gasteiger partial charge in [-0.05, 0) is 24.3 Å². The van der Waals surface area contributed by atoms with E-state index < -0.39 is 29.7 Å². The van der Waals surface area contributed by atoms with Crippen molar-refractivity contribution in [3.63, 3.8) is 0 Å². The van der Waals surface area contributed by atoms with E-state index in [4.69, 9.17) is 16.9 Å². The molecule has 134 valence electrons. The van der Waals surface area contributed by atoms with E-state index in [1.165, 1.54) is 30.3 Å². The third-order valence-electron chi connectivity index (χ3n) is 3.73. The van der Waals surface area contributed by atoms with E-state index in [1.54, 1.807) is 12.1 Å². The summed E-state index contributed by atoms with van der Waals surface area (Å²) in [5.41, 5.74) is -0.471. The molecule has 0 saturated carbocycles. The predicted molar refractivity (Wildman–Crippen MR) is 95.1 cm³/mol. The topological polar surface area (TPSA) is 128 Å². The second-order valence-corrected chi connectivity index (χ2v) is 5.91. The molecule has 0 aliphatic rings. The van der Waals surface area contributed by atoms with Crippen molar-refractivity contribution >= 4 is 39.9 Å². The molecule has 1 N–H and O–H groups in total. The molecule has 0 aliphatic carbocycles. The maximum atomic E-state index is 12.5. The number of nitrogens with one attached hydrogen (secondary N) is 1. The van der Waals surface area contributed by atoms with Gasteiger partial charge in [0, 0.05) is 11.1 Å². The van der Waals surface area contributed by atoms with Gasteiger partial charge in [0.15, 0.2) is 0 Å². The predicted octanol–water partition coefficient (Wildman–Crippen LogP) is 0.924. The number of rotatable bonds is 4. The lowest BCUT2D eigenvalue weighted by atomic mass is 10.1. The van der Waals surface area contributed by atoms with Crippen molar-refractivity contribution in [3.05, 3.63) is 69.1 Å². The molecule has 0 spiro atoms. The number of hydrogen-bond acceptors (Lipinski definition) is 6. The Morgan fingerprint density at radius 2 is 1.93 bits per heavy atom. The molecular weight excluding hydrogens is 372 g/mol. The summed E-state index contributed by atoms with van der Waals surface area (Å²) < 4.78 is 0.758. The van der Waals surface area contributed by atoms with Crippen LogP contribution in [0, 0.1) is 11.3 Å².